The summed E-state index contributed by atoms with van der Waals surface area (Å²) in [6, 6.07) is 16.0. The standard InChI is InChI=1S/C29H35NO7/c1-6-35-27(32)25(36-20-22-11-8-7-9-12-22)24(37-28(33)29(2,3)4)19-30-26(31)23-16-14-21(15-17-23)13-10-18-34-5/h7-9,11-12,14-17,24-25H,6,18-20H2,1-5H3,(H,30,31)/t24-,25+/m1/s1. The summed E-state index contributed by atoms with van der Waals surface area (Å²) < 4.78 is 21.7. The number of amides is 1. The van der Waals surface area contributed by atoms with Crippen molar-refractivity contribution in [3.8, 4) is 11.8 Å². The third kappa shape index (κ3) is 10.1. The monoisotopic (exact) mass is 509 g/mol. The molecular weight excluding hydrogens is 474 g/mol. The second-order valence-electron chi connectivity index (χ2n) is 9.19. The van der Waals surface area contributed by atoms with Crippen molar-refractivity contribution in [3.63, 3.8) is 0 Å². The molecule has 0 fully saturated rings. The average Bonchev–Trinajstić information content (AvgIpc) is 2.87. The third-order valence-corrected chi connectivity index (χ3v) is 5.06. The molecule has 0 saturated carbocycles. The molecule has 0 bridgehead atoms. The Morgan fingerprint density at radius 3 is 2.27 bits per heavy atom. The minimum atomic E-state index is -1.25. The summed E-state index contributed by atoms with van der Waals surface area (Å²) in [5, 5.41) is 2.74. The van der Waals surface area contributed by atoms with Crippen LogP contribution in [-0.4, -0.2) is 56.9 Å². The van der Waals surface area contributed by atoms with Crippen molar-refractivity contribution in [3.05, 3.63) is 71.3 Å². The topological polar surface area (TPSA) is 100 Å². The van der Waals surface area contributed by atoms with E-state index in [1.165, 1.54) is 0 Å². The van der Waals surface area contributed by atoms with E-state index < -0.39 is 35.5 Å². The lowest BCUT2D eigenvalue weighted by atomic mass is 9.97. The summed E-state index contributed by atoms with van der Waals surface area (Å²) in [7, 11) is 1.56. The molecule has 37 heavy (non-hydrogen) atoms. The lowest BCUT2D eigenvalue weighted by Gasteiger charge is -2.28. The molecule has 8 heteroatoms. The average molecular weight is 510 g/mol. The highest BCUT2D eigenvalue weighted by Gasteiger charge is 2.37. The van der Waals surface area contributed by atoms with Crippen LogP contribution in [0.1, 0.15) is 49.2 Å². The Labute approximate surface area is 218 Å². The van der Waals surface area contributed by atoms with Crippen molar-refractivity contribution < 1.29 is 33.3 Å². The molecule has 0 heterocycles. The van der Waals surface area contributed by atoms with E-state index in [0.717, 1.165) is 11.1 Å². The van der Waals surface area contributed by atoms with Gasteiger partial charge in [-0.2, -0.15) is 0 Å². The van der Waals surface area contributed by atoms with E-state index >= 15 is 0 Å². The number of ether oxygens (including phenoxy) is 4. The maximum Gasteiger partial charge on any atom is 0.339 e. The number of hydrogen-bond acceptors (Lipinski definition) is 7. The fourth-order valence-electron chi connectivity index (χ4n) is 3.05. The third-order valence-electron chi connectivity index (χ3n) is 5.06. The number of nitrogens with one attached hydrogen (secondary N) is 1. The molecule has 8 nitrogen and oxygen atoms in total. The van der Waals surface area contributed by atoms with E-state index in [4.69, 9.17) is 18.9 Å². The molecule has 2 atom stereocenters. The van der Waals surface area contributed by atoms with Crippen LogP contribution in [0.25, 0.3) is 0 Å². The van der Waals surface area contributed by atoms with Gasteiger partial charge in [0.2, 0.25) is 0 Å². The highest BCUT2D eigenvalue weighted by atomic mass is 16.6. The van der Waals surface area contributed by atoms with Crippen LogP contribution in [0.4, 0.5) is 0 Å². The molecule has 1 amide bonds. The number of benzene rings is 2. The van der Waals surface area contributed by atoms with E-state index in [1.54, 1.807) is 59.1 Å². The second-order valence-corrected chi connectivity index (χ2v) is 9.19. The molecule has 198 valence electrons. The van der Waals surface area contributed by atoms with Crippen LogP contribution < -0.4 is 5.32 Å². The Kier molecular flexibility index (Phi) is 11.8. The van der Waals surface area contributed by atoms with Gasteiger partial charge in [0.05, 0.1) is 25.2 Å². The summed E-state index contributed by atoms with van der Waals surface area (Å²) in [5.74, 6) is 4.16. The van der Waals surface area contributed by atoms with Crippen LogP contribution in [0.15, 0.2) is 54.6 Å². The molecule has 0 unspecified atom stereocenters. The molecule has 0 radical (unpaired) electrons. The molecule has 0 aliphatic rings. The summed E-state index contributed by atoms with van der Waals surface area (Å²) in [6.07, 6.45) is -2.36. The molecule has 2 aromatic rings. The smallest absolute Gasteiger partial charge is 0.339 e. The summed E-state index contributed by atoms with van der Waals surface area (Å²) >= 11 is 0. The lowest BCUT2D eigenvalue weighted by Crippen LogP contribution is -2.48. The van der Waals surface area contributed by atoms with Crippen molar-refractivity contribution in [2.45, 2.75) is 46.5 Å². The van der Waals surface area contributed by atoms with Gasteiger partial charge in [-0.25, -0.2) is 4.79 Å². The van der Waals surface area contributed by atoms with Gasteiger partial charge < -0.3 is 24.3 Å². The Bertz CT molecular complexity index is 1080. The zero-order valence-corrected chi connectivity index (χ0v) is 22.0. The zero-order valence-electron chi connectivity index (χ0n) is 22.0. The first-order chi connectivity index (χ1) is 17.7. The van der Waals surface area contributed by atoms with Gasteiger partial charge in [-0.3, -0.25) is 9.59 Å². The van der Waals surface area contributed by atoms with E-state index in [0.29, 0.717) is 12.2 Å². The van der Waals surface area contributed by atoms with Crippen molar-refractivity contribution in [1.29, 1.82) is 0 Å². The maximum absolute atomic E-state index is 12.8. The van der Waals surface area contributed by atoms with Gasteiger partial charge in [0.15, 0.2) is 12.2 Å². The van der Waals surface area contributed by atoms with E-state index in [-0.39, 0.29) is 19.8 Å². The second kappa shape index (κ2) is 14.8. The SMILES string of the molecule is CCOC(=O)[C@@H](OCc1ccccc1)[C@@H](CNC(=O)c1ccc(C#CCOC)cc1)OC(=O)C(C)(C)C. The number of rotatable bonds is 11. The van der Waals surface area contributed by atoms with E-state index in [2.05, 4.69) is 17.2 Å². The summed E-state index contributed by atoms with van der Waals surface area (Å²) in [4.78, 5) is 38.4. The Balaban J connectivity index is 2.20. The highest BCUT2D eigenvalue weighted by molar-refractivity contribution is 5.94. The minimum absolute atomic E-state index is 0.0907. The van der Waals surface area contributed by atoms with Crippen LogP contribution >= 0.6 is 0 Å². The first-order valence-corrected chi connectivity index (χ1v) is 12.0. The Morgan fingerprint density at radius 1 is 1.00 bits per heavy atom. The largest absolute Gasteiger partial charge is 0.464 e. The number of carbonyl (C=O) groups excluding carboxylic acids is 3. The molecule has 0 aliphatic heterocycles. The Morgan fingerprint density at radius 2 is 1.68 bits per heavy atom. The zero-order chi connectivity index (χ0) is 27.3. The normalized spacial score (nSPS) is 12.5. The van der Waals surface area contributed by atoms with Crippen LogP contribution in [-0.2, 0) is 35.1 Å². The predicted molar refractivity (Wildman–Crippen MR) is 139 cm³/mol. The van der Waals surface area contributed by atoms with Gasteiger partial charge in [-0.1, -0.05) is 42.2 Å². The van der Waals surface area contributed by atoms with Crippen LogP contribution in [0, 0.1) is 17.3 Å². The fourth-order valence-corrected chi connectivity index (χ4v) is 3.05. The fraction of sp³-hybridized carbons (Fsp3) is 0.414. The minimum Gasteiger partial charge on any atom is -0.464 e. The molecule has 2 rings (SSSR count). The number of carbonyl (C=O) groups is 3. The molecule has 1 N–H and O–H groups in total. The molecular formula is C29H35NO7. The Hall–Kier alpha value is -3.67. The number of esters is 2. The molecule has 2 aromatic carbocycles. The van der Waals surface area contributed by atoms with Crippen LogP contribution in [0.5, 0.6) is 0 Å². The van der Waals surface area contributed by atoms with Crippen LogP contribution in [0.2, 0.25) is 0 Å². The quantitative estimate of drug-likeness (QED) is 0.365. The predicted octanol–water partition coefficient (Wildman–Crippen LogP) is 3.52. The van der Waals surface area contributed by atoms with Gasteiger partial charge in [0.1, 0.15) is 6.61 Å². The van der Waals surface area contributed by atoms with Gasteiger partial charge in [-0.05, 0) is 57.5 Å². The molecule has 0 aliphatic carbocycles. The summed E-state index contributed by atoms with van der Waals surface area (Å²) in [6.45, 7) is 7.14. The number of hydrogen-bond donors (Lipinski definition) is 1. The van der Waals surface area contributed by atoms with Gasteiger partial charge >= 0.3 is 11.9 Å². The van der Waals surface area contributed by atoms with Crippen LogP contribution in [0.3, 0.4) is 0 Å². The molecule has 0 spiro atoms. The van der Waals surface area contributed by atoms with Gasteiger partial charge in [0.25, 0.3) is 5.91 Å². The van der Waals surface area contributed by atoms with Gasteiger partial charge in [-0.15, -0.1) is 0 Å². The van der Waals surface area contributed by atoms with Crippen molar-refractivity contribution in [2.24, 2.45) is 5.41 Å². The van der Waals surface area contributed by atoms with Crippen molar-refractivity contribution in [2.75, 3.05) is 26.9 Å². The van der Waals surface area contributed by atoms with Crippen molar-refractivity contribution >= 4 is 17.8 Å². The molecule has 0 aromatic heterocycles. The van der Waals surface area contributed by atoms with Gasteiger partial charge in [0, 0.05) is 18.2 Å². The first kappa shape index (κ1) is 29.6. The number of methoxy groups -OCH3 is 1. The highest BCUT2D eigenvalue weighted by Crippen LogP contribution is 2.19. The first-order valence-electron chi connectivity index (χ1n) is 12.0. The lowest BCUT2D eigenvalue weighted by molar-refractivity contribution is -0.179. The summed E-state index contributed by atoms with van der Waals surface area (Å²) in [5.41, 5.74) is 1.12. The van der Waals surface area contributed by atoms with Crippen molar-refractivity contribution in [1.82, 2.24) is 5.32 Å². The van der Waals surface area contributed by atoms with E-state index in [1.807, 2.05) is 30.3 Å². The molecule has 0 saturated heterocycles. The maximum atomic E-state index is 12.8. The van der Waals surface area contributed by atoms with E-state index in [9.17, 15) is 14.4 Å².